The third-order valence-corrected chi connectivity index (χ3v) is 3.58. The van der Waals surface area contributed by atoms with E-state index in [2.05, 4.69) is 20.9 Å². The molecule has 2 atom stereocenters. The molecule has 1 rings (SSSR count). The van der Waals surface area contributed by atoms with Crippen LogP contribution < -0.4 is 0 Å². The minimum atomic E-state index is 0.969. The maximum Gasteiger partial charge on any atom is 0.0887 e. The second-order valence-electron chi connectivity index (χ2n) is 4.48. The van der Waals surface area contributed by atoms with Gasteiger partial charge >= 0.3 is 0 Å². The second-order valence-corrected chi connectivity index (χ2v) is 4.48. The lowest BCUT2D eigenvalue weighted by molar-refractivity contribution is -0.921. The van der Waals surface area contributed by atoms with Crippen molar-refractivity contribution in [2.24, 2.45) is 0 Å². The maximum absolute atomic E-state index is 2.46. The van der Waals surface area contributed by atoms with E-state index >= 15 is 0 Å². The molecule has 1 heterocycles. The fourth-order valence-corrected chi connectivity index (χ4v) is 2.64. The average Bonchev–Trinajstić information content (AvgIpc) is 2.44. The van der Waals surface area contributed by atoms with Crippen LogP contribution in [0, 0.1) is 0 Å². The zero-order valence-corrected chi connectivity index (χ0v) is 8.97. The Bertz CT molecular complexity index is 133. The lowest BCUT2D eigenvalue weighted by Gasteiger charge is -2.35. The fourth-order valence-electron chi connectivity index (χ4n) is 2.64. The van der Waals surface area contributed by atoms with E-state index in [0.29, 0.717) is 0 Å². The number of likely N-dealkylation sites (tertiary alicyclic amines) is 1. The largest absolute Gasteiger partial charge is 0.324 e. The predicted molar refractivity (Wildman–Crippen MR) is 54.1 cm³/mol. The standard InChI is InChI=1S/C11H24N/c1-4-6-9-12(3)10-7-8-11(12)5-2/h11H,4-10H2,1-3H3/q+1/t11-,12?/m1/s1. The van der Waals surface area contributed by atoms with Gasteiger partial charge in [-0.2, -0.15) is 0 Å². The van der Waals surface area contributed by atoms with Crippen LogP contribution in [0.5, 0.6) is 0 Å². The quantitative estimate of drug-likeness (QED) is 0.569. The number of rotatable bonds is 4. The van der Waals surface area contributed by atoms with Gasteiger partial charge in [-0.25, -0.2) is 0 Å². The zero-order valence-electron chi connectivity index (χ0n) is 8.97. The van der Waals surface area contributed by atoms with E-state index in [4.69, 9.17) is 0 Å². The first-order chi connectivity index (χ1) is 5.73. The number of hydrogen-bond acceptors (Lipinski definition) is 0. The molecule has 0 aromatic carbocycles. The van der Waals surface area contributed by atoms with Crippen LogP contribution in [0.1, 0.15) is 46.0 Å². The van der Waals surface area contributed by atoms with E-state index in [1.807, 2.05) is 0 Å². The molecule has 0 saturated carbocycles. The molecule has 1 nitrogen and oxygen atoms in total. The first kappa shape index (κ1) is 10.0. The van der Waals surface area contributed by atoms with Crippen LogP contribution in [0.3, 0.4) is 0 Å². The summed E-state index contributed by atoms with van der Waals surface area (Å²) in [5, 5.41) is 0. The molecule has 0 aromatic rings. The van der Waals surface area contributed by atoms with Crippen LogP contribution >= 0.6 is 0 Å². The van der Waals surface area contributed by atoms with Gasteiger partial charge in [0.05, 0.1) is 26.2 Å². The van der Waals surface area contributed by atoms with Crippen LogP contribution in [0.25, 0.3) is 0 Å². The molecular formula is C11H24N+. The molecule has 0 spiro atoms. The maximum atomic E-state index is 2.46. The Balaban J connectivity index is 2.43. The molecule has 1 aliphatic rings. The second kappa shape index (κ2) is 4.27. The van der Waals surface area contributed by atoms with Crippen molar-refractivity contribution in [3.63, 3.8) is 0 Å². The average molecular weight is 170 g/mol. The smallest absolute Gasteiger partial charge is 0.0887 e. The fraction of sp³-hybridized carbons (Fsp3) is 1.00. The van der Waals surface area contributed by atoms with E-state index < -0.39 is 0 Å². The van der Waals surface area contributed by atoms with Gasteiger partial charge in [-0.15, -0.1) is 0 Å². The lowest BCUT2D eigenvalue weighted by Crippen LogP contribution is -2.48. The predicted octanol–water partition coefficient (Wildman–Crippen LogP) is 2.81. The lowest BCUT2D eigenvalue weighted by atomic mass is 10.1. The molecule has 1 fully saturated rings. The normalized spacial score (nSPS) is 35.8. The molecule has 72 valence electrons. The van der Waals surface area contributed by atoms with E-state index in [9.17, 15) is 0 Å². The summed E-state index contributed by atoms with van der Waals surface area (Å²) < 4.78 is 1.37. The summed E-state index contributed by atoms with van der Waals surface area (Å²) in [4.78, 5) is 0. The van der Waals surface area contributed by atoms with Gasteiger partial charge in [0.1, 0.15) is 0 Å². The highest BCUT2D eigenvalue weighted by Crippen LogP contribution is 2.27. The van der Waals surface area contributed by atoms with E-state index in [-0.39, 0.29) is 0 Å². The van der Waals surface area contributed by atoms with E-state index in [0.717, 1.165) is 6.04 Å². The Morgan fingerprint density at radius 1 is 1.33 bits per heavy atom. The van der Waals surface area contributed by atoms with Crippen molar-refractivity contribution in [2.75, 3.05) is 20.1 Å². The molecule has 1 heteroatoms. The van der Waals surface area contributed by atoms with Crippen LogP contribution in [-0.2, 0) is 0 Å². The minimum Gasteiger partial charge on any atom is -0.324 e. The van der Waals surface area contributed by atoms with Crippen molar-refractivity contribution in [1.29, 1.82) is 0 Å². The number of unbranched alkanes of at least 4 members (excludes halogenated alkanes) is 1. The van der Waals surface area contributed by atoms with Gasteiger partial charge in [-0.05, 0) is 12.8 Å². The monoisotopic (exact) mass is 170 g/mol. The molecule has 1 saturated heterocycles. The Morgan fingerprint density at radius 3 is 2.67 bits per heavy atom. The number of hydrogen-bond donors (Lipinski definition) is 0. The van der Waals surface area contributed by atoms with E-state index in [1.54, 1.807) is 0 Å². The SMILES string of the molecule is CCCC[N+]1(C)CCC[C@H]1CC. The van der Waals surface area contributed by atoms with Crippen molar-refractivity contribution in [3.05, 3.63) is 0 Å². The van der Waals surface area contributed by atoms with Gasteiger partial charge in [0.25, 0.3) is 0 Å². The Kier molecular flexibility index (Phi) is 3.57. The highest BCUT2D eigenvalue weighted by Gasteiger charge is 2.35. The molecule has 0 N–H and O–H groups in total. The molecule has 0 amide bonds. The molecule has 1 aliphatic heterocycles. The summed E-state index contributed by atoms with van der Waals surface area (Å²) in [7, 11) is 2.46. The van der Waals surface area contributed by atoms with Gasteiger partial charge in [0.15, 0.2) is 0 Å². The highest BCUT2D eigenvalue weighted by atomic mass is 15.4. The number of nitrogens with zero attached hydrogens (tertiary/aromatic N) is 1. The third kappa shape index (κ3) is 2.01. The molecule has 0 radical (unpaired) electrons. The summed E-state index contributed by atoms with van der Waals surface area (Å²) in [6.07, 6.45) is 7.06. The third-order valence-electron chi connectivity index (χ3n) is 3.58. The van der Waals surface area contributed by atoms with Crippen LogP contribution in [0.2, 0.25) is 0 Å². The van der Waals surface area contributed by atoms with Gasteiger partial charge < -0.3 is 4.48 Å². The van der Waals surface area contributed by atoms with Gasteiger partial charge in [-0.3, -0.25) is 0 Å². The zero-order chi connectivity index (χ0) is 9.03. The molecule has 1 unspecified atom stereocenters. The Hall–Kier alpha value is -0.0400. The van der Waals surface area contributed by atoms with E-state index in [1.165, 1.54) is 49.7 Å². The van der Waals surface area contributed by atoms with Crippen molar-refractivity contribution in [3.8, 4) is 0 Å². The van der Waals surface area contributed by atoms with Gasteiger partial charge in [0, 0.05) is 12.8 Å². The van der Waals surface area contributed by atoms with Crippen LogP contribution in [0.4, 0.5) is 0 Å². The molecule has 0 bridgehead atoms. The summed E-state index contributed by atoms with van der Waals surface area (Å²) in [6.45, 7) is 7.48. The minimum absolute atomic E-state index is 0.969. The molecular weight excluding hydrogens is 146 g/mol. The van der Waals surface area contributed by atoms with Crippen LogP contribution in [-0.4, -0.2) is 30.7 Å². The number of quaternary nitrogens is 1. The van der Waals surface area contributed by atoms with Gasteiger partial charge in [-0.1, -0.05) is 20.3 Å². The summed E-state index contributed by atoms with van der Waals surface area (Å²) in [6, 6.07) is 0.969. The van der Waals surface area contributed by atoms with Crippen LogP contribution in [0.15, 0.2) is 0 Å². The Morgan fingerprint density at radius 2 is 2.08 bits per heavy atom. The van der Waals surface area contributed by atoms with Crippen molar-refractivity contribution in [1.82, 2.24) is 0 Å². The van der Waals surface area contributed by atoms with Crippen molar-refractivity contribution >= 4 is 0 Å². The Labute approximate surface area is 77.4 Å². The summed E-state index contributed by atoms with van der Waals surface area (Å²) in [5.41, 5.74) is 0. The summed E-state index contributed by atoms with van der Waals surface area (Å²) >= 11 is 0. The first-order valence-corrected chi connectivity index (χ1v) is 5.57. The summed E-state index contributed by atoms with van der Waals surface area (Å²) in [5.74, 6) is 0. The van der Waals surface area contributed by atoms with Crippen molar-refractivity contribution < 1.29 is 4.48 Å². The highest BCUT2D eigenvalue weighted by molar-refractivity contribution is 4.65. The molecule has 0 aromatic heterocycles. The topological polar surface area (TPSA) is 0 Å². The molecule has 0 aliphatic carbocycles. The van der Waals surface area contributed by atoms with Gasteiger partial charge in [0.2, 0.25) is 0 Å². The van der Waals surface area contributed by atoms with Crippen molar-refractivity contribution in [2.45, 2.75) is 52.0 Å². The first-order valence-electron chi connectivity index (χ1n) is 5.57. The molecule has 12 heavy (non-hydrogen) atoms.